The Labute approximate surface area is 92.5 Å². The summed E-state index contributed by atoms with van der Waals surface area (Å²) in [5, 5.41) is 0. The van der Waals surface area contributed by atoms with Crippen molar-refractivity contribution < 1.29 is 0 Å². The highest BCUT2D eigenvalue weighted by molar-refractivity contribution is 5.14. The number of rotatable bonds is 3. The summed E-state index contributed by atoms with van der Waals surface area (Å²) in [6, 6.07) is 10.7. The molecule has 1 aliphatic heterocycles. The summed E-state index contributed by atoms with van der Waals surface area (Å²) in [5.41, 5.74) is 1.42. The van der Waals surface area contributed by atoms with Crippen LogP contribution < -0.4 is 0 Å². The zero-order valence-corrected chi connectivity index (χ0v) is 9.23. The van der Waals surface area contributed by atoms with Crippen molar-refractivity contribution in [1.82, 2.24) is 9.80 Å². The lowest BCUT2D eigenvalue weighted by Gasteiger charge is -2.33. The lowest BCUT2D eigenvalue weighted by Crippen LogP contribution is -2.45. The van der Waals surface area contributed by atoms with Gasteiger partial charge in [0.1, 0.15) is 0 Å². The monoisotopic (exact) mass is 203 g/mol. The predicted molar refractivity (Wildman–Crippen MR) is 63.5 cm³/mol. The number of nitrogens with zero attached hydrogens (tertiary/aromatic N) is 2. The molecule has 1 radical (unpaired) electrons. The lowest BCUT2D eigenvalue weighted by atomic mass is 10.2. The second-order valence-corrected chi connectivity index (χ2v) is 4.10. The molecule has 0 bridgehead atoms. The Hall–Kier alpha value is -0.860. The van der Waals surface area contributed by atoms with Crippen molar-refractivity contribution in [3.8, 4) is 0 Å². The maximum atomic E-state index is 3.93. The van der Waals surface area contributed by atoms with E-state index in [1.807, 2.05) is 0 Å². The minimum Gasteiger partial charge on any atom is -0.301 e. The van der Waals surface area contributed by atoms with Crippen LogP contribution in [0.4, 0.5) is 0 Å². The molecule has 0 spiro atoms. The van der Waals surface area contributed by atoms with Crippen molar-refractivity contribution in [2.45, 2.75) is 6.54 Å². The number of hydrogen-bond acceptors (Lipinski definition) is 2. The maximum absolute atomic E-state index is 3.93. The van der Waals surface area contributed by atoms with E-state index >= 15 is 0 Å². The quantitative estimate of drug-likeness (QED) is 0.737. The first-order chi connectivity index (χ1) is 7.38. The third-order valence-electron chi connectivity index (χ3n) is 3.03. The van der Waals surface area contributed by atoms with E-state index in [0.29, 0.717) is 0 Å². The Morgan fingerprint density at radius 2 is 1.53 bits per heavy atom. The van der Waals surface area contributed by atoms with Crippen LogP contribution >= 0.6 is 0 Å². The van der Waals surface area contributed by atoms with Gasteiger partial charge in [0.25, 0.3) is 0 Å². The van der Waals surface area contributed by atoms with E-state index in [0.717, 1.165) is 26.2 Å². The van der Waals surface area contributed by atoms with Crippen LogP contribution in [0.25, 0.3) is 0 Å². The first-order valence-electron chi connectivity index (χ1n) is 5.66. The van der Waals surface area contributed by atoms with E-state index in [4.69, 9.17) is 0 Å². The van der Waals surface area contributed by atoms with Gasteiger partial charge in [-0.1, -0.05) is 30.3 Å². The van der Waals surface area contributed by atoms with E-state index in [1.165, 1.54) is 18.7 Å². The van der Waals surface area contributed by atoms with Crippen LogP contribution in [-0.2, 0) is 6.54 Å². The second kappa shape index (κ2) is 5.29. The molecule has 2 rings (SSSR count). The van der Waals surface area contributed by atoms with Crippen LogP contribution in [0, 0.1) is 6.92 Å². The summed E-state index contributed by atoms with van der Waals surface area (Å²) in [5.74, 6) is 0. The number of hydrogen-bond donors (Lipinski definition) is 0. The summed E-state index contributed by atoms with van der Waals surface area (Å²) in [6.45, 7) is 10.6. The Kier molecular flexibility index (Phi) is 3.75. The zero-order valence-electron chi connectivity index (χ0n) is 9.23. The molecule has 1 aromatic rings. The van der Waals surface area contributed by atoms with E-state index in [2.05, 4.69) is 47.1 Å². The average molecular weight is 203 g/mol. The number of benzene rings is 1. The van der Waals surface area contributed by atoms with Gasteiger partial charge in [-0.2, -0.15) is 0 Å². The van der Waals surface area contributed by atoms with Gasteiger partial charge in [-0.25, -0.2) is 0 Å². The standard InChI is InChI=1S/C13H19N2/c1-2-14-8-10-15(11-9-14)12-13-6-4-3-5-7-13/h3-7H,1-2,8-12H2. The maximum Gasteiger partial charge on any atom is 0.0234 e. The summed E-state index contributed by atoms with van der Waals surface area (Å²) in [4.78, 5) is 4.92. The fraction of sp³-hybridized carbons (Fsp3) is 0.462. The van der Waals surface area contributed by atoms with Gasteiger partial charge in [0, 0.05) is 32.7 Å². The van der Waals surface area contributed by atoms with E-state index < -0.39 is 0 Å². The van der Waals surface area contributed by atoms with Gasteiger partial charge < -0.3 is 4.90 Å². The van der Waals surface area contributed by atoms with Crippen LogP contribution in [0.2, 0.25) is 0 Å². The van der Waals surface area contributed by atoms with E-state index in [9.17, 15) is 0 Å². The van der Waals surface area contributed by atoms with Crippen LogP contribution in [0.5, 0.6) is 0 Å². The highest BCUT2D eigenvalue weighted by Gasteiger charge is 2.14. The molecule has 1 heterocycles. The van der Waals surface area contributed by atoms with E-state index in [-0.39, 0.29) is 0 Å². The van der Waals surface area contributed by atoms with Gasteiger partial charge in [-0.15, -0.1) is 0 Å². The topological polar surface area (TPSA) is 6.48 Å². The lowest BCUT2D eigenvalue weighted by molar-refractivity contribution is 0.136. The third-order valence-corrected chi connectivity index (χ3v) is 3.03. The van der Waals surface area contributed by atoms with Crippen molar-refractivity contribution in [2.24, 2.45) is 0 Å². The molecule has 0 N–H and O–H groups in total. The molecular weight excluding hydrogens is 184 g/mol. The molecular formula is C13H19N2. The smallest absolute Gasteiger partial charge is 0.0234 e. The first kappa shape index (κ1) is 10.7. The molecule has 1 saturated heterocycles. The summed E-state index contributed by atoms with van der Waals surface area (Å²) in [7, 11) is 0. The van der Waals surface area contributed by atoms with Crippen LogP contribution in [-0.4, -0.2) is 42.5 Å². The molecule has 0 saturated carbocycles. The molecule has 81 valence electrons. The van der Waals surface area contributed by atoms with Crippen molar-refractivity contribution >= 4 is 0 Å². The second-order valence-electron chi connectivity index (χ2n) is 4.10. The van der Waals surface area contributed by atoms with Crippen molar-refractivity contribution in [3.05, 3.63) is 42.8 Å². The minimum atomic E-state index is 0.944. The van der Waals surface area contributed by atoms with Gasteiger partial charge in [0.05, 0.1) is 0 Å². The summed E-state index contributed by atoms with van der Waals surface area (Å²) < 4.78 is 0. The molecule has 0 amide bonds. The Balaban J connectivity index is 1.82. The van der Waals surface area contributed by atoms with Crippen molar-refractivity contribution in [1.29, 1.82) is 0 Å². The van der Waals surface area contributed by atoms with Gasteiger partial charge >= 0.3 is 0 Å². The van der Waals surface area contributed by atoms with Crippen molar-refractivity contribution in [3.63, 3.8) is 0 Å². The first-order valence-corrected chi connectivity index (χ1v) is 5.66. The largest absolute Gasteiger partial charge is 0.301 e. The molecule has 1 aliphatic rings. The normalized spacial score (nSPS) is 19.3. The molecule has 0 atom stereocenters. The molecule has 2 nitrogen and oxygen atoms in total. The molecule has 0 aromatic heterocycles. The zero-order chi connectivity index (χ0) is 10.5. The van der Waals surface area contributed by atoms with Crippen LogP contribution in [0.1, 0.15) is 5.56 Å². The van der Waals surface area contributed by atoms with Crippen molar-refractivity contribution in [2.75, 3.05) is 32.7 Å². The average Bonchev–Trinajstić information content (AvgIpc) is 2.31. The fourth-order valence-corrected chi connectivity index (χ4v) is 2.01. The Morgan fingerprint density at radius 1 is 0.933 bits per heavy atom. The highest BCUT2D eigenvalue weighted by atomic mass is 15.3. The molecule has 15 heavy (non-hydrogen) atoms. The van der Waals surface area contributed by atoms with Gasteiger partial charge in [-0.05, 0) is 19.0 Å². The summed E-state index contributed by atoms with van der Waals surface area (Å²) in [6.07, 6.45) is 0. The van der Waals surface area contributed by atoms with Gasteiger partial charge in [-0.3, -0.25) is 4.90 Å². The molecule has 0 aliphatic carbocycles. The van der Waals surface area contributed by atoms with Gasteiger partial charge in [0.2, 0.25) is 0 Å². The fourth-order valence-electron chi connectivity index (χ4n) is 2.01. The van der Waals surface area contributed by atoms with E-state index in [1.54, 1.807) is 0 Å². The molecule has 0 unspecified atom stereocenters. The predicted octanol–water partition coefficient (Wildman–Crippen LogP) is 1.64. The Morgan fingerprint density at radius 3 is 2.13 bits per heavy atom. The van der Waals surface area contributed by atoms with Crippen LogP contribution in [0.3, 0.4) is 0 Å². The van der Waals surface area contributed by atoms with Gasteiger partial charge in [0.15, 0.2) is 0 Å². The SMILES string of the molecule is [CH2]CN1CCN(Cc2ccccc2)CC1. The molecule has 1 aromatic carbocycles. The Bertz CT molecular complexity index is 276. The highest BCUT2D eigenvalue weighted by Crippen LogP contribution is 2.07. The molecule has 2 heteroatoms. The van der Waals surface area contributed by atoms with Crippen LogP contribution in [0.15, 0.2) is 30.3 Å². The molecule has 1 fully saturated rings. The minimum absolute atomic E-state index is 0.944. The third kappa shape index (κ3) is 3.05. The summed E-state index contributed by atoms with van der Waals surface area (Å²) >= 11 is 0. The number of piperazine rings is 1.